The van der Waals surface area contributed by atoms with E-state index in [1.54, 1.807) is 6.07 Å². The Hall–Kier alpha value is -3.37. The molecule has 2 fully saturated rings. The highest BCUT2D eigenvalue weighted by atomic mass is 16.3. The molecule has 9 N–H and O–H groups in total. The predicted molar refractivity (Wildman–Crippen MR) is 114 cm³/mol. The number of Topliss-reactive ketones (excluding diaryl/α,β-unsaturated/α-hetero) is 1. The van der Waals surface area contributed by atoms with Gasteiger partial charge in [-0.3, -0.25) is 9.59 Å². The molecule has 10 nitrogen and oxygen atoms in total. The van der Waals surface area contributed by atoms with E-state index in [9.17, 15) is 30.0 Å². The van der Waals surface area contributed by atoms with E-state index in [4.69, 9.17) is 16.9 Å². The molecule has 1 aromatic rings. The number of primary amides is 1. The maximum Gasteiger partial charge on any atom is 0.254 e. The quantitative estimate of drug-likeness (QED) is 0.334. The normalized spacial score (nSPS) is 31.7. The number of ketones is 1. The van der Waals surface area contributed by atoms with Gasteiger partial charge < -0.3 is 42.2 Å². The largest absolute Gasteiger partial charge is 0.510 e. The molecule has 10 heteroatoms. The molecule has 3 aliphatic carbocycles. The first kappa shape index (κ1) is 20.5. The van der Waals surface area contributed by atoms with Crippen LogP contribution in [0.25, 0.3) is 5.76 Å². The number of rotatable bonds is 2. The maximum absolute atomic E-state index is 13.6. The average Bonchev–Trinajstić information content (AvgIpc) is 2.69. The Morgan fingerprint density at radius 1 is 1.22 bits per heavy atom. The number of nitrogens with zero attached hydrogens (tertiary/aromatic N) is 1. The van der Waals surface area contributed by atoms with E-state index in [2.05, 4.69) is 4.90 Å². The van der Waals surface area contributed by atoms with Crippen LogP contribution >= 0.6 is 0 Å². The highest BCUT2D eigenvalue weighted by Gasteiger charge is 2.62. The third kappa shape index (κ3) is 2.39. The highest BCUT2D eigenvalue weighted by molar-refractivity contribution is 6.33. The fourth-order valence-electron chi connectivity index (χ4n) is 5.60. The molecule has 0 aromatic heterocycles. The second-order valence-electron chi connectivity index (χ2n) is 8.92. The van der Waals surface area contributed by atoms with Crippen molar-refractivity contribution in [2.24, 2.45) is 23.3 Å². The fraction of sp³-hybridized carbons (Fsp3) is 0.409. The number of anilines is 1. The standard InChI is InChI=1S/C22H24N4O6/c23-16-10-7-8-6-9-11(26-4-1-5-26)2-3-12(27)14(9)17(28)13(8)20(30)22(10,32)19(24)15(18(16)29)21(25)31/h2-3,8,10,16,24,27-29,32H,1,4-7,23H2,(H2,25,31)/t8-,10-,16+,22+/m0/s1. The first-order valence-corrected chi connectivity index (χ1v) is 10.5. The molecule has 0 spiro atoms. The van der Waals surface area contributed by atoms with E-state index < -0.39 is 58.0 Å². The first-order chi connectivity index (χ1) is 15.1. The molecule has 1 amide bonds. The summed E-state index contributed by atoms with van der Waals surface area (Å²) in [5.41, 5.74) is 8.90. The van der Waals surface area contributed by atoms with Gasteiger partial charge in [-0.15, -0.1) is 0 Å². The molecule has 0 unspecified atom stereocenters. The van der Waals surface area contributed by atoms with Gasteiger partial charge in [-0.25, -0.2) is 0 Å². The first-order valence-electron chi connectivity index (χ1n) is 10.5. The molecule has 0 radical (unpaired) electrons. The van der Waals surface area contributed by atoms with Gasteiger partial charge in [0.1, 0.15) is 22.8 Å². The predicted octanol–water partition coefficient (Wildman–Crippen LogP) is 0.0219. The zero-order valence-corrected chi connectivity index (χ0v) is 17.1. The van der Waals surface area contributed by atoms with Crippen LogP contribution in [0.3, 0.4) is 0 Å². The third-order valence-electron chi connectivity index (χ3n) is 7.36. The van der Waals surface area contributed by atoms with Gasteiger partial charge >= 0.3 is 0 Å². The third-order valence-corrected chi connectivity index (χ3v) is 7.36. The number of nitrogens with one attached hydrogen (secondary N) is 1. The SMILES string of the molecule is N=C1C(C(N)=O)=C(O)[C@H](N)[C@@H]2C[C@@H]3Cc4c(N5CCC5)ccc(O)c4C(O)=C3C(=O)[C@]12O. The van der Waals surface area contributed by atoms with Gasteiger partial charge in [-0.2, -0.15) is 0 Å². The Bertz CT molecular complexity index is 1170. The van der Waals surface area contributed by atoms with E-state index in [0.717, 1.165) is 25.2 Å². The zero-order chi connectivity index (χ0) is 23.1. The summed E-state index contributed by atoms with van der Waals surface area (Å²) < 4.78 is 0. The van der Waals surface area contributed by atoms with Gasteiger partial charge in [0.15, 0.2) is 5.60 Å². The molecule has 0 bridgehead atoms. The minimum absolute atomic E-state index is 0.0792. The van der Waals surface area contributed by atoms with Crippen molar-refractivity contribution in [1.82, 2.24) is 0 Å². The van der Waals surface area contributed by atoms with Gasteiger partial charge in [-0.05, 0) is 42.9 Å². The van der Waals surface area contributed by atoms with Crippen LogP contribution in [-0.2, 0) is 16.0 Å². The summed E-state index contributed by atoms with van der Waals surface area (Å²) in [6.07, 6.45) is 1.42. The molecular weight excluding hydrogens is 416 g/mol. The summed E-state index contributed by atoms with van der Waals surface area (Å²) >= 11 is 0. The Morgan fingerprint density at radius 2 is 1.91 bits per heavy atom. The Labute approximate surface area is 182 Å². The molecular formula is C22H24N4O6. The number of fused-ring (bicyclic) bond motifs is 3. The van der Waals surface area contributed by atoms with E-state index in [1.165, 1.54) is 6.07 Å². The minimum Gasteiger partial charge on any atom is -0.510 e. The van der Waals surface area contributed by atoms with Crippen molar-refractivity contribution in [1.29, 1.82) is 5.41 Å². The van der Waals surface area contributed by atoms with Crippen molar-refractivity contribution in [3.8, 4) is 5.75 Å². The van der Waals surface area contributed by atoms with Crippen molar-refractivity contribution in [3.63, 3.8) is 0 Å². The molecule has 32 heavy (non-hydrogen) atoms. The number of amides is 1. The van der Waals surface area contributed by atoms with Crippen molar-refractivity contribution < 1.29 is 30.0 Å². The second kappa shape index (κ2) is 6.57. The van der Waals surface area contributed by atoms with Crippen molar-refractivity contribution in [2.45, 2.75) is 30.9 Å². The van der Waals surface area contributed by atoms with Crippen molar-refractivity contribution in [3.05, 3.63) is 40.2 Å². The average molecular weight is 440 g/mol. The molecule has 5 rings (SSSR count). The number of phenolic OH excluding ortho intramolecular Hbond substituents is 1. The lowest BCUT2D eigenvalue weighted by atomic mass is 9.57. The smallest absolute Gasteiger partial charge is 0.254 e. The lowest BCUT2D eigenvalue weighted by molar-refractivity contribution is -0.136. The molecule has 1 heterocycles. The van der Waals surface area contributed by atoms with Crippen LogP contribution in [0, 0.1) is 17.2 Å². The monoisotopic (exact) mass is 440 g/mol. The Kier molecular flexibility index (Phi) is 4.21. The van der Waals surface area contributed by atoms with Crippen LogP contribution < -0.4 is 16.4 Å². The van der Waals surface area contributed by atoms with Crippen LogP contribution in [0.4, 0.5) is 5.69 Å². The Balaban J connectivity index is 1.69. The van der Waals surface area contributed by atoms with Gasteiger partial charge in [0, 0.05) is 30.3 Å². The number of hydrogen-bond donors (Lipinski definition) is 7. The molecule has 168 valence electrons. The van der Waals surface area contributed by atoms with E-state index in [-0.39, 0.29) is 23.3 Å². The van der Waals surface area contributed by atoms with Gasteiger partial charge in [0.05, 0.1) is 17.3 Å². The van der Waals surface area contributed by atoms with Gasteiger partial charge in [0.25, 0.3) is 5.91 Å². The van der Waals surface area contributed by atoms with Crippen LogP contribution in [0.15, 0.2) is 29.0 Å². The number of aliphatic hydroxyl groups is 3. The lowest BCUT2D eigenvalue weighted by Crippen LogP contribution is -2.66. The maximum atomic E-state index is 13.6. The van der Waals surface area contributed by atoms with E-state index in [0.29, 0.717) is 12.0 Å². The second-order valence-corrected chi connectivity index (χ2v) is 8.92. The molecule has 1 aliphatic heterocycles. The summed E-state index contributed by atoms with van der Waals surface area (Å²) in [5.74, 6) is -5.07. The number of benzene rings is 1. The number of carbonyl (C=O) groups is 2. The topological polar surface area (TPSA) is 194 Å². The summed E-state index contributed by atoms with van der Waals surface area (Å²) in [4.78, 5) is 27.5. The lowest BCUT2D eigenvalue weighted by Gasteiger charge is -2.49. The molecule has 1 aromatic carbocycles. The number of hydrogen-bond acceptors (Lipinski definition) is 9. The van der Waals surface area contributed by atoms with E-state index in [1.807, 2.05) is 0 Å². The summed E-state index contributed by atoms with van der Waals surface area (Å²) in [6.45, 7) is 1.69. The van der Waals surface area contributed by atoms with E-state index >= 15 is 0 Å². The zero-order valence-electron chi connectivity index (χ0n) is 17.1. The minimum atomic E-state index is -2.53. The van der Waals surface area contributed by atoms with Crippen molar-refractivity contribution in [2.75, 3.05) is 18.0 Å². The van der Waals surface area contributed by atoms with Crippen LogP contribution in [0.1, 0.15) is 24.0 Å². The van der Waals surface area contributed by atoms with Crippen molar-refractivity contribution >= 4 is 28.8 Å². The number of carbonyl (C=O) groups excluding carboxylic acids is 2. The van der Waals surface area contributed by atoms with Crippen LogP contribution in [-0.4, -0.2) is 62.6 Å². The Morgan fingerprint density at radius 3 is 2.50 bits per heavy atom. The molecule has 1 saturated carbocycles. The van der Waals surface area contributed by atoms with Gasteiger partial charge in [-0.1, -0.05) is 0 Å². The number of aliphatic hydroxyl groups excluding tert-OH is 2. The summed E-state index contributed by atoms with van der Waals surface area (Å²) in [7, 11) is 0. The molecule has 4 aliphatic rings. The highest BCUT2D eigenvalue weighted by Crippen LogP contribution is 2.52. The van der Waals surface area contributed by atoms with Gasteiger partial charge in [0.2, 0.25) is 5.78 Å². The van der Waals surface area contributed by atoms with Crippen LogP contribution in [0.2, 0.25) is 0 Å². The molecule has 1 saturated heterocycles. The number of nitrogens with two attached hydrogens (primary N) is 2. The molecule has 4 atom stereocenters. The number of aromatic hydroxyl groups is 1. The van der Waals surface area contributed by atoms with Crippen LogP contribution in [0.5, 0.6) is 5.75 Å². The summed E-state index contributed by atoms with van der Waals surface area (Å²) in [5, 5.41) is 51.7. The fourth-order valence-corrected chi connectivity index (χ4v) is 5.60. The summed E-state index contributed by atoms with van der Waals surface area (Å²) in [6, 6.07) is 1.95. The number of phenols is 1.